The van der Waals surface area contributed by atoms with Crippen LogP contribution in [0.25, 0.3) is 0 Å². The summed E-state index contributed by atoms with van der Waals surface area (Å²) in [7, 11) is 0. The van der Waals surface area contributed by atoms with Crippen molar-refractivity contribution < 1.29 is 113 Å². The van der Waals surface area contributed by atoms with E-state index in [4.69, 9.17) is 37.9 Å². The van der Waals surface area contributed by atoms with E-state index in [1.165, 1.54) is 0 Å². The van der Waals surface area contributed by atoms with E-state index in [-0.39, 0.29) is 12.9 Å². The van der Waals surface area contributed by atoms with Crippen molar-refractivity contribution in [3.05, 3.63) is 0 Å². The van der Waals surface area contributed by atoms with E-state index in [1.807, 2.05) is 0 Å². The number of aliphatic hydroxyl groups excluding tert-OH is 10. The van der Waals surface area contributed by atoms with Gasteiger partial charge in [-0.05, 0) is 0 Å². The zero-order valence-corrected chi connectivity index (χ0v) is 29.3. The lowest BCUT2D eigenvalue weighted by molar-refractivity contribution is -0.374. The number of rotatable bonds is 16. The van der Waals surface area contributed by atoms with E-state index >= 15 is 0 Å². The minimum atomic E-state index is -2.10. The van der Waals surface area contributed by atoms with Gasteiger partial charge in [0.15, 0.2) is 25.2 Å². The summed E-state index contributed by atoms with van der Waals surface area (Å²) in [5, 5.41) is 111. The van der Waals surface area contributed by atoms with E-state index in [0.29, 0.717) is 0 Å². The Bertz CT molecular complexity index is 1270. The van der Waals surface area contributed by atoms with Gasteiger partial charge in [0.2, 0.25) is 11.8 Å². The molecule has 0 aromatic rings. The van der Waals surface area contributed by atoms with E-state index in [2.05, 4.69) is 15.4 Å². The molecule has 4 aliphatic rings. The number of amides is 2. The van der Waals surface area contributed by atoms with Crippen molar-refractivity contribution in [2.45, 2.75) is 137 Å². The van der Waals surface area contributed by atoms with Gasteiger partial charge in [-0.2, -0.15) is 0 Å². The van der Waals surface area contributed by atoms with E-state index in [9.17, 15) is 70.2 Å². The Morgan fingerprint density at radius 1 is 0.527 bits per heavy atom. The first-order chi connectivity index (χ1) is 26.1. The largest absolute Gasteiger partial charge is 0.465 e. The number of carbonyl (C=O) groups excluding carboxylic acids is 4. The van der Waals surface area contributed by atoms with Gasteiger partial charge >= 0.3 is 0 Å². The molecule has 316 valence electrons. The molecule has 0 aliphatic carbocycles. The van der Waals surface area contributed by atoms with Crippen LogP contribution in [0.2, 0.25) is 0 Å². The molecule has 0 bridgehead atoms. The van der Waals surface area contributed by atoms with Crippen LogP contribution in [0.4, 0.5) is 0 Å². The van der Waals surface area contributed by atoms with Crippen LogP contribution in [0.1, 0.15) is 13.8 Å². The summed E-state index contributed by atoms with van der Waals surface area (Å²) < 4.78 is 49.1. The standard InChI is InChI=1S/C30H48N2O23/c1-9(37)31-15-25(18(40)11(3-33)49-27(15)46)54-30-23(45)21(43)24(14(52-30)6-48-8-36)53-28-16(32-10(2)38)26(19(41)12(4-34)50-28)55-29-22(44)20(42)17(39)13(51-29)5-47-7-35/h7-8,11-30,33-34,39-46H,3-6H2,1-2H3,(H,31,37)(H,32,38)/t11-,12?,13?,14-,15?,16?,17+,18+,19+,20-,21?,22?,23?,24+,25?,26+,27+,28-,29-,30-/m0/s1. The molecule has 8 unspecified atom stereocenters. The summed E-state index contributed by atoms with van der Waals surface area (Å²) in [6.45, 7) is -0.923. The first-order valence-corrected chi connectivity index (χ1v) is 17.0. The second-order valence-electron chi connectivity index (χ2n) is 13.1. The van der Waals surface area contributed by atoms with Crippen LogP contribution in [-0.2, 0) is 61.8 Å². The van der Waals surface area contributed by atoms with Crippen molar-refractivity contribution >= 4 is 24.8 Å². The fraction of sp³-hybridized carbons (Fsp3) is 0.867. The van der Waals surface area contributed by atoms with Gasteiger partial charge in [-0.15, -0.1) is 0 Å². The quantitative estimate of drug-likeness (QED) is 0.0644. The summed E-state index contributed by atoms with van der Waals surface area (Å²) in [4.78, 5) is 46.3. The monoisotopic (exact) mass is 804 g/mol. The van der Waals surface area contributed by atoms with E-state index < -0.39 is 161 Å². The molecular weight excluding hydrogens is 756 g/mol. The SMILES string of the molecule is CC(=O)NC1C(O[C@@H]2O[C@@H](COC=O)[C@@H](O[C@@H]3OC(CO)[C@@H](O)[C@H](O[C@@H]4OC(COC=O)[C@@H](O)[C@H](O)C4O)C3NC(C)=O)C(O)C2O)[C@H](O)[C@H](CO)O[C@H]1O. The molecule has 4 heterocycles. The number of hydrogen-bond donors (Lipinski definition) is 12. The number of nitrogens with one attached hydrogen (secondary N) is 2. The lowest BCUT2D eigenvalue weighted by Crippen LogP contribution is -2.70. The van der Waals surface area contributed by atoms with Gasteiger partial charge in [0.1, 0.15) is 111 Å². The van der Waals surface area contributed by atoms with Crippen molar-refractivity contribution in [1.29, 1.82) is 0 Å². The first kappa shape index (κ1) is 44.9. The summed E-state index contributed by atoms with van der Waals surface area (Å²) >= 11 is 0. The Morgan fingerprint density at radius 2 is 0.964 bits per heavy atom. The smallest absolute Gasteiger partial charge is 0.293 e. The average Bonchev–Trinajstić information content (AvgIpc) is 3.14. The predicted molar refractivity (Wildman–Crippen MR) is 167 cm³/mol. The van der Waals surface area contributed by atoms with Crippen LogP contribution >= 0.6 is 0 Å². The summed E-state index contributed by atoms with van der Waals surface area (Å²) in [6, 6.07) is -3.14. The summed E-state index contributed by atoms with van der Waals surface area (Å²) in [5.41, 5.74) is 0. The molecule has 25 heteroatoms. The van der Waals surface area contributed by atoms with Gasteiger partial charge in [0.25, 0.3) is 12.9 Å². The molecule has 0 aromatic heterocycles. The fourth-order valence-electron chi connectivity index (χ4n) is 6.59. The molecule has 0 radical (unpaired) electrons. The Labute approximate surface area is 311 Å². The molecule has 0 aromatic carbocycles. The molecular formula is C30H48N2O23. The maximum Gasteiger partial charge on any atom is 0.293 e. The molecule has 4 fully saturated rings. The van der Waals surface area contributed by atoms with Crippen molar-refractivity contribution in [1.82, 2.24) is 10.6 Å². The van der Waals surface area contributed by atoms with Crippen molar-refractivity contribution in [3.8, 4) is 0 Å². The number of hydrogen-bond acceptors (Lipinski definition) is 23. The lowest BCUT2D eigenvalue weighted by Gasteiger charge is -2.50. The normalized spacial score (nSPS) is 44.9. The van der Waals surface area contributed by atoms with Crippen LogP contribution < -0.4 is 10.6 Å². The van der Waals surface area contributed by atoms with Gasteiger partial charge < -0.3 is 104 Å². The first-order valence-electron chi connectivity index (χ1n) is 17.0. The third kappa shape index (κ3) is 10.4. The zero-order chi connectivity index (χ0) is 40.7. The molecule has 55 heavy (non-hydrogen) atoms. The van der Waals surface area contributed by atoms with Gasteiger partial charge in [-0.3, -0.25) is 19.2 Å². The van der Waals surface area contributed by atoms with E-state index in [0.717, 1.165) is 13.8 Å². The molecule has 12 N–H and O–H groups in total. The third-order valence-corrected chi connectivity index (χ3v) is 9.31. The Balaban J connectivity index is 1.62. The molecule has 2 amide bonds. The fourth-order valence-corrected chi connectivity index (χ4v) is 6.59. The van der Waals surface area contributed by atoms with Crippen molar-refractivity contribution in [3.63, 3.8) is 0 Å². The molecule has 4 aliphatic heterocycles. The number of aliphatic hydroxyl groups is 10. The highest BCUT2D eigenvalue weighted by molar-refractivity contribution is 5.73. The molecule has 25 nitrogen and oxygen atoms in total. The minimum Gasteiger partial charge on any atom is -0.465 e. The highest BCUT2D eigenvalue weighted by Gasteiger charge is 2.56. The van der Waals surface area contributed by atoms with Gasteiger partial charge in [-0.25, -0.2) is 0 Å². The van der Waals surface area contributed by atoms with Crippen LogP contribution in [0.5, 0.6) is 0 Å². The maximum absolute atomic E-state index is 12.4. The van der Waals surface area contributed by atoms with E-state index in [1.54, 1.807) is 0 Å². The third-order valence-electron chi connectivity index (χ3n) is 9.31. The average molecular weight is 805 g/mol. The number of carbonyl (C=O) groups is 4. The molecule has 4 saturated heterocycles. The van der Waals surface area contributed by atoms with Crippen LogP contribution in [0.3, 0.4) is 0 Å². The van der Waals surface area contributed by atoms with Crippen LogP contribution in [0, 0.1) is 0 Å². The molecule has 4 rings (SSSR count). The Hall–Kier alpha value is -2.80. The van der Waals surface area contributed by atoms with Crippen LogP contribution in [-0.4, -0.2) is 225 Å². The highest BCUT2D eigenvalue weighted by Crippen LogP contribution is 2.34. The second kappa shape index (κ2) is 20.1. The highest BCUT2D eigenvalue weighted by atomic mass is 16.8. The summed E-state index contributed by atoms with van der Waals surface area (Å²) in [6.07, 6.45) is -32.3. The maximum atomic E-state index is 12.4. The minimum absolute atomic E-state index is 0.00156. The Morgan fingerprint density at radius 3 is 1.49 bits per heavy atom. The number of ether oxygens (including phenoxy) is 9. The Kier molecular flexibility index (Phi) is 16.4. The lowest BCUT2D eigenvalue weighted by atomic mass is 9.94. The van der Waals surface area contributed by atoms with Gasteiger partial charge in [-0.1, -0.05) is 0 Å². The van der Waals surface area contributed by atoms with Gasteiger partial charge in [0.05, 0.1) is 13.2 Å². The zero-order valence-electron chi connectivity index (χ0n) is 29.3. The molecule has 0 saturated carbocycles. The van der Waals surface area contributed by atoms with Crippen molar-refractivity contribution in [2.24, 2.45) is 0 Å². The van der Waals surface area contributed by atoms with Crippen molar-refractivity contribution in [2.75, 3.05) is 26.4 Å². The molecule has 0 spiro atoms. The van der Waals surface area contributed by atoms with Crippen LogP contribution in [0.15, 0.2) is 0 Å². The summed E-state index contributed by atoms with van der Waals surface area (Å²) in [5.74, 6) is -1.49. The van der Waals surface area contributed by atoms with Gasteiger partial charge in [0, 0.05) is 13.8 Å². The topological polar surface area (TPSA) is 378 Å². The second-order valence-corrected chi connectivity index (χ2v) is 13.1. The molecule has 20 atom stereocenters. The predicted octanol–water partition coefficient (Wildman–Crippen LogP) is -9.10.